The summed E-state index contributed by atoms with van der Waals surface area (Å²) in [6.45, 7) is 5.99. The van der Waals surface area contributed by atoms with Gasteiger partial charge in [0.05, 0.1) is 18.1 Å². The number of hydrogen-bond donors (Lipinski definition) is 1. The first-order chi connectivity index (χ1) is 15.8. The molecule has 2 aromatic carbocycles. The second kappa shape index (κ2) is 11.3. The fraction of sp³-hybridized carbons (Fsp3) is 0.462. The minimum absolute atomic E-state index is 0.0915. The second-order valence-corrected chi connectivity index (χ2v) is 8.96. The van der Waals surface area contributed by atoms with Crippen LogP contribution in [0.3, 0.4) is 0 Å². The second-order valence-electron chi connectivity index (χ2n) is 8.96. The van der Waals surface area contributed by atoms with Crippen molar-refractivity contribution < 1.29 is 19.1 Å². The minimum Gasteiger partial charge on any atom is -0.491 e. The Hall–Kier alpha value is -2.90. The molecule has 1 aliphatic rings. The van der Waals surface area contributed by atoms with Crippen LogP contribution in [0.25, 0.3) is 0 Å². The third-order valence-corrected chi connectivity index (χ3v) is 6.25. The van der Waals surface area contributed by atoms with E-state index in [4.69, 9.17) is 9.47 Å². The van der Waals surface area contributed by atoms with Crippen molar-refractivity contribution >= 4 is 17.5 Å². The summed E-state index contributed by atoms with van der Waals surface area (Å²) in [7, 11) is 5.53. The van der Waals surface area contributed by atoms with E-state index in [1.807, 2.05) is 30.3 Å². The molecule has 3 rings (SSSR count). The van der Waals surface area contributed by atoms with Crippen molar-refractivity contribution in [3.8, 4) is 5.75 Å². The van der Waals surface area contributed by atoms with Gasteiger partial charge in [-0.1, -0.05) is 37.3 Å². The van der Waals surface area contributed by atoms with Gasteiger partial charge in [0, 0.05) is 39.0 Å². The molecule has 3 atom stereocenters. The fourth-order valence-electron chi connectivity index (χ4n) is 4.02. The van der Waals surface area contributed by atoms with Crippen molar-refractivity contribution in [1.82, 2.24) is 9.80 Å². The van der Waals surface area contributed by atoms with E-state index >= 15 is 0 Å². The number of likely N-dealkylation sites (N-methyl/N-ethyl adjacent to an activating group) is 2. The minimum atomic E-state index is -0.167. The Morgan fingerprint density at radius 3 is 2.55 bits per heavy atom. The van der Waals surface area contributed by atoms with E-state index in [0.717, 1.165) is 12.1 Å². The molecule has 0 fully saturated rings. The van der Waals surface area contributed by atoms with Crippen LogP contribution >= 0.6 is 0 Å². The van der Waals surface area contributed by atoms with Crippen LogP contribution in [-0.4, -0.2) is 74.7 Å². The summed E-state index contributed by atoms with van der Waals surface area (Å²) in [6.07, 6.45) is 0.172. The maximum Gasteiger partial charge on any atom is 0.257 e. The number of nitrogens with one attached hydrogen (secondary N) is 1. The number of carbonyl (C=O) groups excluding carboxylic acids is 2. The highest BCUT2D eigenvalue weighted by Crippen LogP contribution is 2.26. The van der Waals surface area contributed by atoms with Crippen molar-refractivity contribution in [2.24, 2.45) is 5.92 Å². The number of hydrogen-bond acceptors (Lipinski definition) is 5. The Balaban J connectivity index is 1.85. The lowest BCUT2D eigenvalue weighted by molar-refractivity contribution is -0.115. The van der Waals surface area contributed by atoms with Gasteiger partial charge in [-0.05, 0) is 43.7 Å². The van der Waals surface area contributed by atoms with Gasteiger partial charge >= 0.3 is 0 Å². The zero-order chi connectivity index (χ0) is 24.0. The van der Waals surface area contributed by atoms with E-state index in [1.165, 1.54) is 0 Å². The monoisotopic (exact) mass is 453 g/mol. The van der Waals surface area contributed by atoms with Gasteiger partial charge in [0.15, 0.2) is 0 Å². The summed E-state index contributed by atoms with van der Waals surface area (Å²) in [4.78, 5) is 29.8. The van der Waals surface area contributed by atoms with Gasteiger partial charge in [0.25, 0.3) is 5.91 Å². The van der Waals surface area contributed by atoms with Gasteiger partial charge < -0.3 is 19.7 Å². The topological polar surface area (TPSA) is 71.1 Å². The molecule has 1 aliphatic heterocycles. The molecule has 2 amide bonds. The van der Waals surface area contributed by atoms with Crippen LogP contribution in [0.4, 0.5) is 5.69 Å². The number of carbonyl (C=O) groups is 2. The number of rotatable bonds is 4. The Morgan fingerprint density at radius 1 is 1.12 bits per heavy atom. The summed E-state index contributed by atoms with van der Waals surface area (Å²) < 4.78 is 11.8. The van der Waals surface area contributed by atoms with Gasteiger partial charge in [-0.3, -0.25) is 14.5 Å². The average Bonchev–Trinajstić information content (AvgIpc) is 2.80. The third-order valence-electron chi connectivity index (χ3n) is 6.25. The molecule has 0 radical (unpaired) electrons. The highest BCUT2D eigenvalue weighted by atomic mass is 16.5. The molecule has 0 spiro atoms. The smallest absolute Gasteiger partial charge is 0.257 e. The van der Waals surface area contributed by atoms with Gasteiger partial charge in [-0.15, -0.1) is 0 Å². The van der Waals surface area contributed by atoms with Crippen LogP contribution < -0.4 is 10.1 Å². The molecule has 178 valence electrons. The van der Waals surface area contributed by atoms with Crippen molar-refractivity contribution in [2.75, 3.05) is 46.2 Å². The number of nitrogens with zero attached hydrogens (tertiary/aromatic N) is 2. The van der Waals surface area contributed by atoms with E-state index in [-0.39, 0.29) is 36.3 Å². The fourth-order valence-corrected chi connectivity index (χ4v) is 4.02. The van der Waals surface area contributed by atoms with Gasteiger partial charge in [0.2, 0.25) is 5.91 Å². The molecule has 0 saturated carbocycles. The standard InChI is InChI=1S/C26H35N3O4/c1-18-15-28(3)19(2)17-33-23-12-11-21(27-25(30)13-20-9-7-6-8-10-20)14-22(23)26(31)29(4)16-24(18)32-5/h6-12,14,18-19,24H,13,15-17H2,1-5H3,(H,27,30)/t18-,19-,24-/m1/s1. The lowest BCUT2D eigenvalue weighted by Gasteiger charge is -2.34. The van der Waals surface area contributed by atoms with Gasteiger partial charge in [0.1, 0.15) is 12.4 Å². The van der Waals surface area contributed by atoms with E-state index < -0.39 is 0 Å². The summed E-state index contributed by atoms with van der Waals surface area (Å²) in [5.74, 6) is 0.440. The molecule has 1 N–H and O–H groups in total. The van der Waals surface area contributed by atoms with E-state index in [0.29, 0.717) is 30.2 Å². The Bertz CT molecular complexity index is 950. The molecule has 1 heterocycles. The van der Waals surface area contributed by atoms with Crippen LogP contribution in [0.2, 0.25) is 0 Å². The lowest BCUT2D eigenvalue weighted by Crippen LogP contribution is -2.45. The van der Waals surface area contributed by atoms with Crippen LogP contribution in [0.1, 0.15) is 29.8 Å². The van der Waals surface area contributed by atoms with Gasteiger partial charge in [-0.25, -0.2) is 0 Å². The molecule has 0 bridgehead atoms. The average molecular weight is 454 g/mol. The zero-order valence-electron chi connectivity index (χ0n) is 20.2. The molecule has 0 saturated heterocycles. The first-order valence-corrected chi connectivity index (χ1v) is 11.4. The number of ether oxygens (including phenoxy) is 2. The molecular formula is C26H35N3O4. The molecule has 7 heteroatoms. The SMILES string of the molecule is CO[C@@H]1CN(C)C(=O)c2cc(NC(=O)Cc3ccccc3)ccc2OC[C@@H](C)N(C)C[C@H]1C. The number of methoxy groups -OCH3 is 1. The van der Waals surface area contributed by atoms with E-state index in [2.05, 4.69) is 31.1 Å². The molecule has 0 aliphatic carbocycles. The summed E-state index contributed by atoms with van der Waals surface area (Å²) in [6, 6.07) is 14.9. The van der Waals surface area contributed by atoms with Crippen molar-refractivity contribution in [2.45, 2.75) is 32.4 Å². The van der Waals surface area contributed by atoms with E-state index in [9.17, 15) is 9.59 Å². The van der Waals surface area contributed by atoms with Crippen molar-refractivity contribution in [1.29, 1.82) is 0 Å². The number of amides is 2. The summed E-state index contributed by atoms with van der Waals surface area (Å²) in [5, 5.41) is 2.91. The largest absolute Gasteiger partial charge is 0.491 e. The highest BCUT2D eigenvalue weighted by Gasteiger charge is 2.27. The molecule has 2 aromatic rings. The zero-order valence-corrected chi connectivity index (χ0v) is 20.2. The van der Waals surface area contributed by atoms with E-state index in [1.54, 1.807) is 37.3 Å². The van der Waals surface area contributed by atoms with Crippen LogP contribution in [0, 0.1) is 5.92 Å². The molecule has 33 heavy (non-hydrogen) atoms. The molecule has 0 unspecified atom stereocenters. The number of benzene rings is 2. The Kier molecular flexibility index (Phi) is 8.47. The highest BCUT2D eigenvalue weighted by molar-refractivity contribution is 5.99. The predicted octanol–water partition coefficient (Wildman–Crippen LogP) is 3.30. The first kappa shape index (κ1) is 24.7. The summed E-state index contributed by atoms with van der Waals surface area (Å²) in [5.41, 5.74) is 1.92. The van der Waals surface area contributed by atoms with Crippen LogP contribution in [-0.2, 0) is 16.0 Å². The predicted molar refractivity (Wildman–Crippen MR) is 130 cm³/mol. The molecule has 0 aromatic heterocycles. The quantitative estimate of drug-likeness (QED) is 0.769. The van der Waals surface area contributed by atoms with Crippen LogP contribution in [0.15, 0.2) is 48.5 Å². The van der Waals surface area contributed by atoms with Crippen molar-refractivity contribution in [3.05, 3.63) is 59.7 Å². The summed E-state index contributed by atoms with van der Waals surface area (Å²) >= 11 is 0. The first-order valence-electron chi connectivity index (χ1n) is 11.4. The van der Waals surface area contributed by atoms with Gasteiger partial charge in [-0.2, -0.15) is 0 Å². The maximum absolute atomic E-state index is 13.4. The number of fused-ring (bicyclic) bond motifs is 1. The Morgan fingerprint density at radius 2 is 1.85 bits per heavy atom. The third kappa shape index (κ3) is 6.55. The van der Waals surface area contributed by atoms with Crippen LogP contribution in [0.5, 0.6) is 5.75 Å². The van der Waals surface area contributed by atoms with Crippen molar-refractivity contribution in [3.63, 3.8) is 0 Å². The molecule has 7 nitrogen and oxygen atoms in total. The normalized spacial score (nSPS) is 22.5. The maximum atomic E-state index is 13.4. The molecular weight excluding hydrogens is 418 g/mol. The Labute approximate surface area is 196 Å². The number of anilines is 1. The lowest BCUT2D eigenvalue weighted by atomic mass is 10.0.